The van der Waals surface area contributed by atoms with Gasteiger partial charge in [0.2, 0.25) is 0 Å². The van der Waals surface area contributed by atoms with Crippen molar-refractivity contribution >= 4 is 27.6 Å². The molecule has 0 atom stereocenters. The van der Waals surface area contributed by atoms with Gasteiger partial charge in [-0.25, -0.2) is 4.79 Å². The first-order valence-electron chi connectivity index (χ1n) is 4.08. The minimum Gasteiger partial charge on any atom is -0.318 e. The van der Waals surface area contributed by atoms with Crippen LogP contribution in [0.2, 0.25) is 0 Å². The summed E-state index contributed by atoms with van der Waals surface area (Å²) < 4.78 is 0.924. The van der Waals surface area contributed by atoms with Crippen molar-refractivity contribution < 1.29 is 9.63 Å². The highest BCUT2D eigenvalue weighted by atomic mass is 79.9. The van der Waals surface area contributed by atoms with E-state index in [-0.39, 0.29) is 0 Å². The van der Waals surface area contributed by atoms with Gasteiger partial charge < -0.3 is 4.84 Å². The van der Waals surface area contributed by atoms with Crippen molar-refractivity contribution in [2.45, 2.75) is 13.8 Å². The first-order chi connectivity index (χ1) is 6.61. The van der Waals surface area contributed by atoms with Crippen LogP contribution in [0.3, 0.4) is 0 Å². The second kappa shape index (κ2) is 4.91. The second-order valence-electron chi connectivity index (χ2n) is 2.74. The van der Waals surface area contributed by atoms with Crippen LogP contribution >= 0.6 is 15.9 Å². The number of rotatable bonds is 2. The third kappa shape index (κ3) is 2.96. The lowest BCUT2D eigenvalue weighted by Gasteiger charge is -2.01. The van der Waals surface area contributed by atoms with Crippen molar-refractivity contribution in [1.29, 1.82) is 0 Å². The van der Waals surface area contributed by atoms with E-state index in [1.54, 1.807) is 6.92 Å². The van der Waals surface area contributed by atoms with E-state index in [9.17, 15) is 4.79 Å². The van der Waals surface area contributed by atoms with Crippen molar-refractivity contribution in [3.05, 3.63) is 34.3 Å². The fourth-order valence-corrected chi connectivity index (χ4v) is 1.51. The van der Waals surface area contributed by atoms with Gasteiger partial charge in [0.1, 0.15) is 0 Å². The number of hydrogen-bond donors (Lipinski definition) is 0. The minimum absolute atomic E-state index is 0.420. The molecule has 3 nitrogen and oxygen atoms in total. The first-order valence-corrected chi connectivity index (χ1v) is 4.87. The van der Waals surface area contributed by atoms with Crippen molar-refractivity contribution in [2.75, 3.05) is 0 Å². The van der Waals surface area contributed by atoms with Gasteiger partial charge in [-0.05, 0) is 13.0 Å². The monoisotopic (exact) mass is 255 g/mol. The summed E-state index contributed by atoms with van der Waals surface area (Å²) in [6.07, 6.45) is 0. The Balaban J connectivity index is 2.89. The molecule has 4 heteroatoms. The lowest BCUT2D eigenvalue weighted by Crippen LogP contribution is -1.99. The molecule has 0 aliphatic rings. The molecule has 0 saturated carbocycles. The molecule has 0 aromatic heterocycles. The first kappa shape index (κ1) is 10.9. The molecule has 0 bridgehead atoms. The number of carbonyl (C=O) groups is 1. The van der Waals surface area contributed by atoms with Gasteiger partial charge in [0, 0.05) is 17.0 Å². The fraction of sp³-hybridized carbons (Fsp3) is 0.200. The molecule has 1 rings (SSSR count). The molecule has 0 amide bonds. The zero-order valence-electron chi connectivity index (χ0n) is 7.95. The van der Waals surface area contributed by atoms with E-state index >= 15 is 0 Å². The Bertz CT molecular complexity index is 374. The summed E-state index contributed by atoms with van der Waals surface area (Å²) >= 11 is 3.38. The van der Waals surface area contributed by atoms with Crippen LogP contribution in [-0.4, -0.2) is 11.7 Å². The van der Waals surface area contributed by atoms with Gasteiger partial charge >= 0.3 is 5.97 Å². The zero-order valence-corrected chi connectivity index (χ0v) is 9.54. The predicted molar refractivity (Wildman–Crippen MR) is 58.1 cm³/mol. The molecule has 74 valence electrons. The summed E-state index contributed by atoms with van der Waals surface area (Å²) in [7, 11) is 0. The van der Waals surface area contributed by atoms with Crippen LogP contribution in [0.5, 0.6) is 0 Å². The summed E-state index contributed by atoms with van der Waals surface area (Å²) in [6, 6.07) is 7.61. The molecule has 0 fully saturated rings. The molecule has 0 N–H and O–H groups in total. The van der Waals surface area contributed by atoms with Gasteiger partial charge in [-0.3, -0.25) is 0 Å². The van der Waals surface area contributed by atoms with Gasteiger partial charge in [-0.15, -0.1) is 0 Å². The standard InChI is InChI=1S/C10H10BrNO2/c1-7(12-14-8(2)13)9-5-3-4-6-10(9)11/h3-6H,1-2H3/b12-7+. The lowest BCUT2D eigenvalue weighted by molar-refractivity contribution is -0.140. The predicted octanol–water partition coefficient (Wildman–Crippen LogP) is 2.74. The number of halogens is 1. The topological polar surface area (TPSA) is 38.7 Å². The van der Waals surface area contributed by atoms with Crippen LogP contribution in [0, 0.1) is 0 Å². The number of nitrogens with zero attached hydrogens (tertiary/aromatic N) is 1. The van der Waals surface area contributed by atoms with Crippen LogP contribution in [0.4, 0.5) is 0 Å². The number of oxime groups is 1. The van der Waals surface area contributed by atoms with Crippen molar-refractivity contribution in [3.63, 3.8) is 0 Å². The van der Waals surface area contributed by atoms with Crippen LogP contribution in [0.25, 0.3) is 0 Å². The molecule has 0 aliphatic carbocycles. The van der Waals surface area contributed by atoms with E-state index in [0.29, 0.717) is 5.71 Å². The van der Waals surface area contributed by atoms with E-state index in [4.69, 9.17) is 0 Å². The normalized spacial score (nSPS) is 11.2. The quantitative estimate of drug-likeness (QED) is 0.463. The van der Waals surface area contributed by atoms with Gasteiger partial charge in [0.05, 0.1) is 5.71 Å². The third-order valence-corrected chi connectivity index (χ3v) is 2.27. The highest BCUT2D eigenvalue weighted by molar-refractivity contribution is 9.10. The molecule has 0 radical (unpaired) electrons. The lowest BCUT2D eigenvalue weighted by atomic mass is 10.1. The molecule has 1 aromatic carbocycles. The Morgan fingerprint density at radius 1 is 1.36 bits per heavy atom. The Labute approximate surface area is 90.9 Å². The maximum atomic E-state index is 10.5. The molecule has 1 aromatic rings. The summed E-state index contributed by atoms with van der Waals surface area (Å²) in [5, 5.41) is 3.69. The third-order valence-electron chi connectivity index (χ3n) is 1.57. The molecular formula is C10H10BrNO2. The second-order valence-corrected chi connectivity index (χ2v) is 3.59. The van der Waals surface area contributed by atoms with E-state index < -0.39 is 5.97 Å². The highest BCUT2D eigenvalue weighted by Gasteiger charge is 2.02. The van der Waals surface area contributed by atoms with E-state index in [1.165, 1.54) is 6.92 Å². The molecular weight excluding hydrogens is 246 g/mol. The van der Waals surface area contributed by atoms with Gasteiger partial charge in [-0.1, -0.05) is 39.3 Å². The van der Waals surface area contributed by atoms with Gasteiger partial charge in [0.25, 0.3) is 0 Å². The molecule has 0 saturated heterocycles. The van der Waals surface area contributed by atoms with E-state index in [2.05, 4.69) is 25.9 Å². The van der Waals surface area contributed by atoms with E-state index in [0.717, 1.165) is 10.0 Å². The summed E-state index contributed by atoms with van der Waals surface area (Å²) in [4.78, 5) is 15.1. The Hall–Kier alpha value is -1.16. The van der Waals surface area contributed by atoms with Crippen molar-refractivity contribution in [3.8, 4) is 0 Å². The van der Waals surface area contributed by atoms with Gasteiger partial charge in [0.15, 0.2) is 0 Å². The number of benzene rings is 1. The maximum Gasteiger partial charge on any atom is 0.331 e. The SMILES string of the molecule is CC(=O)O/N=C(\C)c1ccccc1Br. The maximum absolute atomic E-state index is 10.5. The molecule has 0 aliphatic heterocycles. The summed E-state index contributed by atoms with van der Waals surface area (Å²) in [6.45, 7) is 3.10. The van der Waals surface area contributed by atoms with Crippen molar-refractivity contribution in [2.24, 2.45) is 5.16 Å². The zero-order chi connectivity index (χ0) is 10.6. The molecule has 0 heterocycles. The number of carbonyl (C=O) groups excluding carboxylic acids is 1. The van der Waals surface area contributed by atoms with Crippen LogP contribution in [0.1, 0.15) is 19.4 Å². The minimum atomic E-state index is -0.420. The van der Waals surface area contributed by atoms with Crippen molar-refractivity contribution in [1.82, 2.24) is 0 Å². The average Bonchev–Trinajstić information content (AvgIpc) is 2.15. The Morgan fingerprint density at radius 2 is 2.00 bits per heavy atom. The summed E-state index contributed by atoms with van der Waals surface area (Å²) in [5.74, 6) is -0.420. The van der Waals surface area contributed by atoms with Crippen LogP contribution in [0.15, 0.2) is 33.9 Å². The fourth-order valence-electron chi connectivity index (χ4n) is 0.937. The van der Waals surface area contributed by atoms with Crippen LogP contribution < -0.4 is 0 Å². The summed E-state index contributed by atoms with van der Waals surface area (Å²) in [5.41, 5.74) is 1.57. The Morgan fingerprint density at radius 3 is 2.57 bits per heavy atom. The average molecular weight is 256 g/mol. The van der Waals surface area contributed by atoms with Gasteiger partial charge in [-0.2, -0.15) is 0 Å². The smallest absolute Gasteiger partial charge is 0.318 e. The van der Waals surface area contributed by atoms with Crippen LogP contribution in [-0.2, 0) is 9.63 Å². The van der Waals surface area contributed by atoms with E-state index in [1.807, 2.05) is 24.3 Å². The number of hydrogen-bond acceptors (Lipinski definition) is 3. The largest absolute Gasteiger partial charge is 0.331 e. The Kier molecular flexibility index (Phi) is 3.83. The molecule has 14 heavy (non-hydrogen) atoms. The highest BCUT2D eigenvalue weighted by Crippen LogP contribution is 2.16. The molecule has 0 unspecified atom stereocenters. The molecule has 0 spiro atoms.